The minimum atomic E-state index is -0.652. The Hall–Kier alpha value is -2.94. The minimum Gasteiger partial charge on any atom is -0.450 e. The average molecular weight is 272 g/mol. The second-order valence-electron chi connectivity index (χ2n) is 4.06. The molecule has 0 aliphatic rings. The lowest BCUT2D eigenvalue weighted by atomic mass is 10.2. The predicted octanol–water partition coefficient (Wildman–Crippen LogP) is 3.71. The molecule has 0 bridgehead atoms. The Bertz CT molecular complexity index is 723. The molecule has 0 radical (unpaired) electrons. The molecule has 0 aliphatic carbocycles. The molecule has 2 rings (SSSR count). The molecule has 0 fully saturated rings. The molecule has 0 unspecified atom stereocenters. The van der Waals surface area contributed by atoms with Gasteiger partial charge in [0.1, 0.15) is 11.6 Å². The predicted molar refractivity (Wildman–Crippen MR) is 69.0 cm³/mol. The standard InChI is InChI=1S/C14H9FN2O3/c1-9-2-4-11(7-12(9)15)20-14-5-3-10(8-16)6-13(14)17(18)19/h2-7H,1H3. The largest absolute Gasteiger partial charge is 0.450 e. The molecule has 20 heavy (non-hydrogen) atoms. The third-order valence-corrected chi connectivity index (χ3v) is 2.66. The molecule has 5 nitrogen and oxygen atoms in total. The number of nitro benzene ring substituents is 1. The van der Waals surface area contributed by atoms with E-state index in [4.69, 9.17) is 10.00 Å². The number of nitriles is 1. The third-order valence-electron chi connectivity index (χ3n) is 2.66. The highest BCUT2D eigenvalue weighted by atomic mass is 19.1. The van der Waals surface area contributed by atoms with Crippen LogP contribution in [0, 0.1) is 34.2 Å². The van der Waals surface area contributed by atoms with E-state index in [1.807, 2.05) is 6.07 Å². The van der Waals surface area contributed by atoms with Gasteiger partial charge in [-0.2, -0.15) is 5.26 Å². The van der Waals surface area contributed by atoms with Crippen molar-refractivity contribution in [3.63, 3.8) is 0 Å². The van der Waals surface area contributed by atoms with E-state index in [9.17, 15) is 14.5 Å². The molecule has 0 atom stereocenters. The lowest BCUT2D eigenvalue weighted by Gasteiger charge is -2.07. The van der Waals surface area contributed by atoms with Crippen molar-refractivity contribution in [1.29, 1.82) is 5.26 Å². The van der Waals surface area contributed by atoms with Gasteiger partial charge >= 0.3 is 5.69 Å². The minimum absolute atomic E-state index is 0.0442. The summed E-state index contributed by atoms with van der Waals surface area (Å²) in [5.41, 5.74) is 0.260. The van der Waals surface area contributed by atoms with Crippen LogP contribution in [0.3, 0.4) is 0 Å². The summed E-state index contributed by atoms with van der Waals surface area (Å²) < 4.78 is 18.7. The fourth-order valence-electron chi connectivity index (χ4n) is 1.58. The number of rotatable bonds is 3. The maximum Gasteiger partial charge on any atom is 0.312 e. The summed E-state index contributed by atoms with van der Waals surface area (Å²) >= 11 is 0. The Labute approximate surface area is 114 Å². The zero-order valence-electron chi connectivity index (χ0n) is 10.5. The van der Waals surface area contributed by atoms with Crippen LogP contribution in [0.1, 0.15) is 11.1 Å². The molecular weight excluding hydrogens is 263 g/mol. The monoisotopic (exact) mass is 272 g/mol. The summed E-state index contributed by atoms with van der Waals surface area (Å²) in [4.78, 5) is 10.3. The van der Waals surface area contributed by atoms with Crippen LogP contribution in [0.15, 0.2) is 36.4 Å². The number of ether oxygens (including phenoxy) is 1. The van der Waals surface area contributed by atoms with Gasteiger partial charge in [-0.3, -0.25) is 10.1 Å². The van der Waals surface area contributed by atoms with Crippen LogP contribution in [0.4, 0.5) is 10.1 Å². The summed E-state index contributed by atoms with van der Waals surface area (Å²) in [5, 5.41) is 19.7. The molecule has 0 amide bonds. The topological polar surface area (TPSA) is 76.2 Å². The van der Waals surface area contributed by atoms with Crippen LogP contribution in [0.25, 0.3) is 0 Å². The van der Waals surface area contributed by atoms with Gasteiger partial charge in [0.15, 0.2) is 0 Å². The summed E-state index contributed by atoms with van der Waals surface area (Å²) in [7, 11) is 0. The van der Waals surface area contributed by atoms with Crippen LogP contribution >= 0.6 is 0 Å². The molecule has 6 heteroatoms. The quantitative estimate of drug-likeness (QED) is 0.630. The lowest BCUT2D eigenvalue weighted by molar-refractivity contribution is -0.385. The van der Waals surface area contributed by atoms with Gasteiger partial charge in [-0.25, -0.2) is 4.39 Å². The summed E-state index contributed by atoms with van der Waals surface area (Å²) in [6, 6.07) is 9.81. The fraction of sp³-hybridized carbons (Fsp3) is 0.0714. The smallest absolute Gasteiger partial charge is 0.312 e. The number of benzene rings is 2. The zero-order chi connectivity index (χ0) is 14.7. The van der Waals surface area contributed by atoms with Gasteiger partial charge in [0.25, 0.3) is 0 Å². The van der Waals surface area contributed by atoms with E-state index < -0.39 is 10.7 Å². The van der Waals surface area contributed by atoms with E-state index in [-0.39, 0.29) is 22.7 Å². The molecule has 0 aliphatic heterocycles. The second kappa shape index (κ2) is 5.36. The highest BCUT2D eigenvalue weighted by Gasteiger charge is 2.17. The van der Waals surface area contributed by atoms with Crippen molar-refractivity contribution in [3.05, 3.63) is 63.5 Å². The number of aryl methyl sites for hydroxylation is 1. The number of nitrogens with zero attached hydrogens (tertiary/aromatic N) is 2. The molecule has 0 aromatic heterocycles. The Morgan fingerprint density at radius 1 is 1.30 bits per heavy atom. The second-order valence-corrected chi connectivity index (χ2v) is 4.06. The fourth-order valence-corrected chi connectivity index (χ4v) is 1.58. The summed E-state index contributed by atoms with van der Waals surface area (Å²) in [6.45, 7) is 1.60. The van der Waals surface area contributed by atoms with Crippen molar-refractivity contribution in [2.45, 2.75) is 6.92 Å². The highest BCUT2D eigenvalue weighted by molar-refractivity contribution is 5.53. The van der Waals surface area contributed by atoms with E-state index in [0.717, 1.165) is 12.1 Å². The number of hydrogen-bond donors (Lipinski definition) is 0. The van der Waals surface area contributed by atoms with Gasteiger partial charge in [0, 0.05) is 12.1 Å². The Balaban J connectivity index is 2.40. The Morgan fingerprint density at radius 2 is 2.05 bits per heavy atom. The van der Waals surface area contributed by atoms with Gasteiger partial charge in [-0.15, -0.1) is 0 Å². The zero-order valence-corrected chi connectivity index (χ0v) is 10.5. The molecular formula is C14H9FN2O3. The molecule has 0 heterocycles. The van der Waals surface area contributed by atoms with Gasteiger partial charge in [-0.1, -0.05) is 6.07 Å². The molecule has 0 saturated heterocycles. The normalized spacial score (nSPS) is 9.85. The van der Waals surface area contributed by atoms with Crippen molar-refractivity contribution in [2.75, 3.05) is 0 Å². The summed E-state index contributed by atoms with van der Waals surface area (Å²) in [6.07, 6.45) is 0. The number of nitro groups is 1. The molecule has 2 aromatic carbocycles. The molecule has 0 N–H and O–H groups in total. The van der Waals surface area contributed by atoms with Crippen molar-refractivity contribution >= 4 is 5.69 Å². The van der Waals surface area contributed by atoms with E-state index in [1.54, 1.807) is 6.92 Å². The van der Waals surface area contributed by atoms with Crippen molar-refractivity contribution < 1.29 is 14.1 Å². The first-order valence-corrected chi connectivity index (χ1v) is 5.64. The molecule has 2 aromatic rings. The summed E-state index contributed by atoms with van der Waals surface area (Å²) in [5.74, 6) is -0.350. The van der Waals surface area contributed by atoms with E-state index >= 15 is 0 Å². The Kier molecular flexibility index (Phi) is 3.62. The van der Waals surface area contributed by atoms with Gasteiger partial charge in [0.2, 0.25) is 5.75 Å². The van der Waals surface area contributed by atoms with Crippen molar-refractivity contribution in [3.8, 4) is 17.6 Å². The van der Waals surface area contributed by atoms with E-state index in [2.05, 4.69) is 0 Å². The molecule has 0 spiro atoms. The van der Waals surface area contributed by atoms with Crippen LogP contribution in [-0.4, -0.2) is 4.92 Å². The number of hydrogen-bond acceptors (Lipinski definition) is 4. The first-order valence-electron chi connectivity index (χ1n) is 5.64. The SMILES string of the molecule is Cc1ccc(Oc2ccc(C#N)cc2[N+](=O)[O-])cc1F. The highest BCUT2D eigenvalue weighted by Crippen LogP contribution is 2.32. The van der Waals surface area contributed by atoms with Crippen molar-refractivity contribution in [2.24, 2.45) is 0 Å². The van der Waals surface area contributed by atoms with Crippen LogP contribution in [0.2, 0.25) is 0 Å². The van der Waals surface area contributed by atoms with Crippen LogP contribution < -0.4 is 4.74 Å². The van der Waals surface area contributed by atoms with E-state index in [0.29, 0.717) is 5.56 Å². The third kappa shape index (κ3) is 2.72. The van der Waals surface area contributed by atoms with Gasteiger partial charge in [0.05, 0.1) is 16.6 Å². The Morgan fingerprint density at radius 3 is 2.65 bits per heavy atom. The molecule has 0 saturated carbocycles. The first-order chi connectivity index (χ1) is 9.51. The van der Waals surface area contributed by atoms with Crippen molar-refractivity contribution in [1.82, 2.24) is 0 Å². The maximum absolute atomic E-state index is 13.4. The van der Waals surface area contributed by atoms with Gasteiger partial charge < -0.3 is 4.74 Å². The maximum atomic E-state index is 13.4. The first kappa shape index (κ1) is 13.5. The molecule has 100 valence electrons. The van der Waals surface area contributed by atoms with Crippen LogP contribution in [0.5, 0.6) is 11.5 Å². The van der Waals surface area contributed by atoms with Gasteiger partial charge in [-0.05, 0) is 30.7 Å². The lowest BCUT2D eigenvalue weighted by Crippen LogP contribution is -1.95. The number of halogens is 1. The van der Waals surface area contributed by atoms with Crippen LogP contribution in [-0.2, 0) is 0 Å². The van der Waals surface area contributed by atoms with E-state index in [1.165, 1.54) is 24.3 Å². The average Bonchev–Trinajstić information content (AvgIpc) is 2.43.